The quantitative estimate of drug-likeness (QED) is 0.920. The minimum Gasteiger partial charge on any atom is -0.490 e. The van der Waals surface area contributed by atoms with E-state index < -0.39 is 12.0 Å². The Kier molecular flexibility index (Phi) is 3.92. The van der Waals surface area contributed by atoms with Crippen molar-refractivity contribution in [3.63, 3.8) is 0 Å². The molecule has 1 aliphatic heterocycles. The van der Waals surface area contributed by atoms with Crippen molar-refractivity contribution in [3.8, 4) is 11.5 Å². The number of ether oxygens (including phenoxy) is 2. The molecule has 1 heterocycles. The molecule has 0 bridgehead atoms. The Hall–Kier alpha value is -2.24. The van der Waals surface area contributed by atoms with Crippen LogP contribution in [0.25, 0.3) is 0 Å². The minimum atomic E-state index is -0.991. The average Bonchev–Trinajstić information content (AvgIpc) is 3.33. The van der Waals surface area contributed by atoms with Gasteiger partial charge in [-0.3, -0.25) is 4.79 Å². The van der Waals surface area contributed by atoms with Crippen LogP contribution in [0.3, 0.4) is 0 Å². The summed E-state index contributed by atoms with van der Waals surface area (Å²) in [7, 11) is 0. The molecule has 0 saturated heterocycles. The number of aliphatic carboxylic acids is 1. The van der Waals surface area contributed by atoms with E-state index in [4.69, 9.17) is 9.47 Å². The number of carbonyl (C=O) groups is 2. The van der Waals surface area contributed by atoms with Crippen LogP contribution in [0, 0.1) is 0 Å². The van der Waals surface area contributed by atoms with Gasteiger partial charge < -0.3 is 19.5 Å². The Balaban J connectivity index is 1.87. The number of nitrogens with zero attached hydrogens (tertiary/aromatic N) is 1. The fourth-order valence-corrected chi connectivity index (χ4v) is 2.58. The molecule has 6 heteroatoms. The maximum absolute atomic E-state index is 12.7. The third-order valence-electron chi connectivity index (χ3n) is 3.94. The Labute approximate surface area is 128 Å². The van der Waals surface area contributed by atoms with Gasteiger partial charge in [0.1, 0.15) is 6.04 Å². The van der Waals surface area contributed by atoms with Crippen LogP contribution in [0.1, 0.15) is 36.5 Å². The molecule has 1 N–H and O–H groups in total. The Bertz CT molecular complexity index is 596. The van der Waals surface area contributed by atoms with Gasteiger partial charge in [0.15, 0.2) is 11.5 Å². The first kappa shape index (κ1) is 14.7. The maximum atomic E-state index is 12.7. The van der Waals surface area contributed by atoms with E-state index in [0.717, 1.165) is 19.3 Å². The predicted octanol–water partition coefficient (Wildman–Crippen LogP) is 1.93. The topological polar surface area (TPSA) is 76.1 Å². The maximum Gasteiger partial charge on any atom is 0.326 e. The molecule has 1 saturated carbocycles. The van der Waals surface area contributed by atoms with Crippen molar-refractivity contribution in [2.45, 2.75) is 38.3 Å². The summed E-state index contributed by atoms with van der Waals surface area (Å²) in [4.78, 5) is 25.4. The number of fused-ring (bicyclic) bond motifs is 1. The number of benzene rings is 1. The molecule has 0 aromatic heterocycles. The van der Waals surface area contributed by atoms with Crippen molar-refractivity contribution in [2.24, 2.45) is 0 Å². The number of hydrogen-bond donors (Lipinski definition) is 1. The van der Waals surface area contributed by atoms with Crippen LogP contribution >= 0.6 is 0 Å². The second-order valence-corrected chi connectivity index (χ2v) is 5.67. The molecule has 1 aromatic rings. The molecule has 6 nitrogen and oxygen atoms in total. The molecular formula is C16H19NO5. The first-order chi connectivity index (χ1) is 10.6. The van der Waals surface area contributed by atoms with Crippen molar-refractivity contribution in [2.75, 3.05) is 13.2 Å². The number of carbonyl (C=O) groups excluding carboxylic acids is 1. The second kappa shape index (κ2) is 5.87. The van der Waals surface area contributed by atoms with Gasteiger partial charge in [0, 0.05) is 18.0 Å². The lowest BCUT2D eigenvalue weighted by molar-refractivity contribution is -0.141. The molecule has 0 spiro atoms. The third-order valence-corrected chi connectivity index (χ3v) is 3.94. The van der Waals surface area contributed by atoms with Crippen molar-refractivity contribution in [1.29, 1.82) is 0 Å². The van der Waals surface area contributed by atoms with Crippen LogP contribution in [-0.2, 0) is 4.79 Å². The largest absolute Gasteiger partial charge is 0.490 e. The van der Waals surface area contributed by atoms with E-state index in [0.29, 0.717) is 30.3 Å². The van der Waals surface area contributed by atoms with E-state index in [-0.39, 0.29) is 11.9 Å². The highest BCUT2D eigenvalue weighted by atomic mass is 16.5. The van der Waals surface area contributed by atoms with Crippen LogP contribution in [0.2, 0.25) is 0 Å². The first-order valence-electron chi connectivity index (χ1n) is 7.53. The normalized spacial score (nSPS) is 18.2. The Morgan fingerprint density at radius 2 is 1.91 bits per heavy atom. The zero-order valence-corrected chi connectivity index (χ0v) is 12.4. The number of rotatable bonds is 4. The van der Waals surface area contributed by atoms with E-state index in [9.17, 15) is 14.7 Å². The van der Waals surface area contributed by atoms with Crippen LogP contribution in [0.4, 0.5) is 0 Å². The van der Waals surface area contributed by atoms with Crippen molar-refractivity contribution in [1.82, 2.24) is 4.90 Å². The number of carboxylic acid groups (broad SMARTS) is 1. The van der Waals surface area contributed by atoms with Gasteiger partial charge in [-0.2, -0.15) is 0 Å². The van der Waals surface area contributed by atoms with Crippen molar-refractivity contribution < 1.29 is 24.2 Å². The molecule has 1 atom stereocenters. The van der Waals surface area contributed by atoms with Gasteiger partial charge in [0.05, 0.1) is 13.2 Å². The molecule has 1 aromatic carbocycles. The summed E-state index contributed by atoms with van der Waals surface area (Å²) >= 11 is 0. The molecule has 1 unspecified atom stereocenters. The van der Waals surface area contributed by atoms with Gasteiger partial charge in [-0.1, -0.05) is 0 Å². The summed E-state index contributed by atoms with van der Waals surface area (Å²) in [5.74, 6) is -0.0944. The molecule has 2 aliphatic rings. The van der Waals surface area contributed by atoms with Crippen molar-refractivity contribution >= 4 is 11.9 Å². The van der Waals surface area contributed by atoms with E-state index >= 15 is 0 Å². The summed E-state index contributed by atoms with van der Waals surface area (Å²) in [6.45, 7) is 2.68. The molecule has 1 amide bonds. The SMILES string of the molecule is CC(C(=O)O)N(C(=O)c1ccc2c(c1)OCCCO2)C1CC1. The van der Waals surface area contributed by atoms with Crippen LogP contribution < -0.4 is 9.47 Å². The highest BCUT2D eigenvalue weighted by Gasteiger charge is 2.39. The van der Waals surface area contributed by atoms with E-state index in [1.807, 2.05) is 0 Å². The Morgan fingerprint density at radius 1 is 1.23 bits per heavy atom. The summed E-state index contributed by atoms with van der Waals surface area (Å²) in [5.41, 5.74) is 0.434. The van der Waals surface area contributed by atoms with Gasteiger partial charge in [-0.05, 0) is 38.0 Å². The first-order valence-corrected chi connectivity index (χ1v) is 7.53. The van der Waals surface area contributed by atoms with Gasteiger partial charge >= 0.3 is 5.97 Å². The van der Waals surface area contributed by atoms with Gasteiger partial charge in [-0.25, -0.2) is 4.79 Å². The summed E-state index contributed by atoms with van der Waals surface area (Å²) in [6, 6.07) is 4.21. The lowest BCUT2D eigenvalue weighted by atomic mass is 10.1. The number of carboxylic acids is 1. The number of amides is 1. The zero-order chi connectivity index (χ0) is 15.7. The lowest BCUT2D eigenvalue weighted by Gasteiger charge is -2.26. The molecule has 1 fully saturated rings. The highest BCUT2D eigenvalue weighted by molar-refractivity contribution is 5.97. The molecular weight excluding hydrogens is 286 g/mol. The monoisotopic (exact) mass is 305 g/mol. The van der Waals surface area contributed by atoms with Gasteiger partial charge in [0.25, 0.3) is 5.91 Å². The van der Waals surface area contributed by atoms with Crippen LogP contribution in [0.15, 0.2) is 18.2 Å². The van der Waals surface area contributed by atoms with Gasteiger partial charge in [0.2, 0.25) is 0 Å². The standard InChI is InChI=1S/C16H19NO5/c1-10(16(19)20)17(12-4-5-12)15(18)11-3-6-13-14(9-11)22-8-2-7-21-13/h3,6,9-10,12H,2,4-5,7-8H2,1H3,(H,19,20). The van der Waals surface area contributed by atoms with Crippen molar-refractivity contribution in [3.05, 3.63) is 23.8 Å². The fraction of sp³-hybridized carbons (Fsp3) is 0.500. The van der Waals surface area contributed by atoms with E-state index in [1.165, 1.54) is 4.90 Å². The minimum absolute atomic E-state index is 0.0228. The molecule has 118 valence electrons. The van der Waals surface area contributed by atoms with E-state index in [2.05, 4.69) is 0 Å². The average molecular weight is 305 g/mol. The zero-order valence-electron chi connectivity index (χ0n) is 12.4. The number of hydrogen-bond acceptors (Lipinski definition) is 4. The summed E-state index contributed by atoms with van der Waals surface area (Å²) < 4.78 is 11.1. The highest BCUT2D eigenvalue weighted by Crippen LogP contribution is 2.34. The van der Waals surface area contributed by atoms with E-state index in [1.54, 1.807) is 25.1 Å². The van der Waals surface area contributed by atoms with Crippen LogP contribution in [-0.4, -0.2) is 47.2 Å². The Morgan fingerprint density at radius 3 is 2.55 bits per heavy atom. The fourth-order valence-electron chi connectivity index (χ4n) is 2.58. The summed E-state index contributed by atoms with van der Waals surface area (Å²) in [5, 5.41) is 9.22. The van der Waals surface area contributed by atoms with Crippen LogP contribution in [0.5, 0.6) is 11.5 Å². The molecule has 0 radical (unpaired) electrons. The second-order valence-electron chi connectivity index (χ2n) is 5.67. The lowest BCUT2D eigenvalue weighted by Crippen LogP contribution is -2.44. The predicted molar refractivity (Wildman–Crippen MR) is 78.3 cm³/mol. The molecule has 22 heavy (non-hydrogen) atoms. The van der Waals surface area contributed by atoms with Gasteiger partial charge in [-0.15, -0.1) is 0 Å². The summed E-state index contributed by atoms with van der Waals surface area (Å²) in [6.07, 6.45) is 2.50. The molecule has 1 aliphatic carbocycles. The molecule has 3 rings (SSSR count). The smallest absolute Gasteiger partial charge is 0.326 e. The third kappa shape index (κ3) is 2.86.